The molecule has 0 aromatic heterocycles. The summed E-state index contributed by atoms with van der Waals surface area (Å²) in [4.78, 5) is 0.158. The third kappa shape index (κ3) is 2.17. The quantitative estimate of drug-likeness (QED) is 0.865. The summed E-state index contributed by atoms with van der Waals surface area (Å²) in [5, 5.41) is 10.2. The summed E-state index contributed by atoms with van der Waals surface area (Å²) in [5.41, 5.74) is -0.264. The Bertz CT molecular complexity index is 503. The van der Waals surface area contributed by atoms with Gasteiger partial charge in [0.1, 0.15) is 0 Å². The van der Waals surface area contributed by atoms with Crippen LogP contribution in [0.25, 0.3) is 0 Å². The lowest BCUT2D eigenvalue weighted by Gasteiger charge is -2.10. The first kappa shape index (κ1) is 10.9. The van der Waals surface area contributed by atoms with Crippen LogP contribution in [-0.2, 0) is 15.4 Å². The van der Waals surface area contributed by atoms with E-state index in [0.29, 0.717) is 23.4 Å². The van der Waals surface area contributed by atoms with Crippen LogP contribution in [0.15, 0.2) is 23.1 Å². The summed E-state index contributed by atoms with van der Waals surface area (Å²) in [6, 6.07) is 4.50. The van der Waals surface area contributed by atoms with Crippen molar-refractivity contribution >= 4 is 21.4 Å². The fourth-order valence-corrected chi connectivity index (χ4v) is 2.43. The van der Waals surface area contributed by atoms with Crippen LogP contribution in [0.5, 0.6) is 0 Å². The van der Waals surface area contributed by atoms with Crippen molar-refractivity contribution in [3.05, 3.63) is 28.8 Å². The van der Waals surface area contributed by atoms with Gasteiger partial charge in [0, 0.05) is 11.3 Å². The Morgan fingerprint density at radius 3 is 2.40 bits per heavy atom. The maximum absolute atomic E-state index is 11.3. The molecule has 0 bridgehead atoms. The number of halogens is 1. The Kier molecular flexibility index (Phi) is 2.33. The van der Waals surface area contributed by atoms with Crippen molar-refractivity contribution in [3.8, 4) is 0 Å². The highest BCUT2D eigenvalue weighted by atomic mass is 35.5. The van der Waals surface area contributed by atoms with Gasteiger partial charge in [0.25, 0.3) is 0 Å². The molecule has 0 saturated heterocycles. The van der Waals surface area contributed by atoms with Gasteiger partial charge in [-0.1, -0.05) is 11.6 Å². The molecule has 0 atom stereocenters. The molecule has 1 aromatic carbocycles. The normalized spacial score (nSPS) is 18.9. The SMILES string of the molecule is CS(=O)(=O)c1cc(Cl)cc(C2(O)CC2)c1. The van der Waals surface area contributed by atoms with Gasteiger partial charge in [-0.15, -0.1) is 0 Å². The predicted octanol–water partition coefficient (Wildman–Crippen LogP) is 1.72. The maximum Gasteiger partial charge on any atom is 0.175 e. The van der Waals surface area contributed by atoms with E-state index >= 15 is 0 Å². The van der Waals surface area contributed by atoms with Crippen LogP contribution in [0.2, 0.25) is 5.02 Å². The molecule has 0 amide bonds. The van der Waals surface area contributed by atoms with E-state index in [1.54, 1.807) is 6.07 Å². The van der Waals surface area contributed by atoms with Crippen molar-refractivity contribution in [1.82, 2.24) is 0 Å². The molecule has 0 spiro atoms. The molecule has 0 radical (unpaired) electrons. The van der Waals surface area contributed by atoms with Crippen LogP contribution >= 0.6 is 11.6 Å². The zero-order valence-electron chi connectivity index (χ0n) is 8.20. The van der Waals surface area contributed by atoms with Crippen LogP contribution in [0.3, 0.4) is 0 Å². The Labute approximate surface area is 93.6 Å². The second kappa shape index (κ2) is 3.20. The molecule has 1 fully saturated rings. The largest absolute Gasteiger partial charge is 0.385 e. The van der Waals surface area contributed by atoms with Crippen LogP contribution in [0.1, 0.15) is 18.4 Å². The molecule has 3 nitrogen and oxygen atoms in total. The number of hydrogen-bond acceptors (Lipinski definition) is 3. The summed E-state index contributed by atoms with van der Waals surface area (Å²) in [6.07, 6.45) is 2.45. The van der Waals surface area contributed by atoms with Crippen molar-refractivity contribution in [2.24, 2.45) is 0 Å². The van der Waals surface area contributed by atoms with Crippen molar-refractivity contribution in [2.75, 3.05) is 6.26 Å². The number of aliphatic hydroxyl groups is 1. The van der Waals surface area contributed by atoms with E-state index in [-0.39, 0.29) is 4.90 Å². The van der Waals surface area contributed by atoms with Gasteiger partial charge in [-0.3, -0.25) is 0 Å². The summed E-state index contributed by atoms with van der Waals surface area (Å²) < 4.78 is 22.7. The molecule has 1 aliphatic carbocycles. The van der Waals surface area contributed by atoms with E-state index in [9.17, 15) is 13.5 Å². The minimum atomic E-state index is -3.28. The Hall–Kier alpha value is -0.580. The predicted molar refractivity (Wildman–Crippen MR) is 57.7 cm³/mol. The van der Waals surface area contributed by atoms with Crippen molar-refractivity contribution < 1.29 is 13.5 Å². The second-order valence-corrected chi connectivity index (χ2v) is 6.43. The third-order valence-electron chi connectivity index (χ3n) is 2.56. The zero-order valence-corrected chi connectivity index (χ0v) is 9.77. The van der Waals surface area contributed by atoms with Crippen LogP contribution in [0.4, 0.5) is 0 Å². The zero-order chi connectivity index (χ0) is 11.3. The molecule has 1 aromatic rings. The van der Waals surface area contributed by atoms with Gasteiger partial charge in [0.2, 0.25) is 0 Å². The fourth-order valence-electron chi connectivity index (χ4n) is 1.45. The molecule has 1 aliphatic rings. The van der Waals surface area contributed by atoms with Gasteiger partial charge in [0.05, 0.1) is 10.5 Å². The molecular formula is C10H11ClO3S. The summed E-state index contributed by atoms with van der Waals surface area (Å²) in [6.45, 7) is 0. The summed E-state index contributed by atoms with van der Waals surface area (Å²) in [7, 11) is -3.28. The number of benzene rings is 1. The molecule has 82 valence electrons. The minimum Gasteiger partial charge on any atom is -0.385 e. The topological polar surface area (TPSA) is 54.4 Å². The molecule has 2 rings (SSSR count). The molecule has 1 N–H and O–H groups in total. The first-order valence-electron chi connectivity index (χ1n) is 4.55. The lowest BCUT2D eigenvalue weighted by atomic mass is 10.1. The lowest BCUT2D eigenvalue weighted by Crippen LogP contribution is -2.06. The first-order valence-corrected chi connectivity index (χ1v) is 6.82. The monoisotopic (exact) mass is 246 g/mol. The molecule has 5 heteroatoms. The van der Waals surface area contributed by atoms with Gasteiger partial charge < -0.3 is 5.11 Å². The average Bonchev–Trinajstić information content (AvgIpc) is 2.82. The van der Waals surface area contributed by atoms with Gasteiger partial charge in [-0.25, -0.2) is 8.42 Å². The molecule has 1 saturated carbocycles. The highest BCUT2D eigenvalue weighted by molar-refractivity contribution is 7.90. The summed E-state index contributed by atoms with van der Waals surface area (Å²) in [5.74, 6) is 0. The molecular weight excluding hydrogens is 236 g/mol. The highest BCUT2D eigenvalue weighted by Gasteiger charge is 2.42. The van der Waals surface area contributed by atoms with E-state index in [4.69, 9.17) is 11.6 Å². The fraction of sp³-hybridized carbons (Fsp3) is 0.400. The lowest BCUT2D eigenvalue weighted by molar-refractivity contribution is 0.151. The van der Waals surface area contributed by atoms with Gasteiger partial charge in [-0.2, -0.15) is 0 Å². The Morgan fingerprint density at radius 1 is 1.33 bits per heavy atom. The molecule has 0 aliphatic heterocycles. The molecule has 0 unspecified atom stereocenters. The number of hydrogen-bond donors (Lipinski definition) is 1. The van der Waals surface area contributed by atoms with Crippen molar-refractivity contribution in [1.29, 1.82) is 0 Å². The number of rotatable bonds is 2. The minimum absolute atomic E-state index is 0.158. The van der Waals surface area contributed by atoms with E-state index < -0.39 is 15.4 Å². The maximum atomic E-state index is 11.3. The standard InChI is InChI=1S/C10H11ClO3S/c1-15(13,14)9-5-7(4-8(11)6-9)10(12)2-3-10/h4-6,12H,2-3H2,1H3. The average molecular weight is 247 g/mol. The number of sulfone groups is 1. The first-order chi connectivity index (χ1) is 6.81. The van der Waals surface area contributed by atoms with Crippen molar-refractivity contribution in [2.45, 2.75) is 23.3 Å². The van der Waals surface area contributed by atoms with Crippen LogP contribution < -0.4 is 0 Å². The molecule has 15 heavy (non-hydrogen) atoms. The van der Waals surface area contributed by atoms with E-state index in [1.807, 2.05) is 0 Å². The Morgan fingerprint density at radius 2 is 1.93 bits per heavy atom. The summed E-state index contributed by atoms with van der Waals surface area (Å²) >= 11 is 5.81. The van der Waals surface area contributed by atoms with E-state index in [2.05, 4.69) is 0 Å². The van der Waals surface area contributed by atoms with Crippen LogP contribution in [-0.4, -0.2) is 19.8 Å². The van der Waals surface area contributed by atoms with Gasteiger partial charge >= 0.3 is 0 Å². The van der Waals surface area contributed by atoms with Gasteiger partial charge in [0.15, 0.2) is 9.84 Å². The second-order valence-electron chi connectivity index (χ2n) is 3.98. The van der Waals surface area contributed by atoms with E-state index in [1.165, 1.54) is 12.1 Å². The smallest absolute Gasteiger partial charge is 0.175 e. The van der Waals surface area contributed by atoms with Crippen molar-refractivity contribution in [3.63, 3.8) is 0 Å². The van der Waals surface area contributed by atoms with Gasteiger partial charge in [-0.05, 0) is 36.6 Å². The molecule has 0 heterocycles. The van der Waals surface area contributed by atoms with E-state index in [0.717, 1.165) is 6.26 Å². The van der Waals surface area contributed by atoms with Crippen LogP contribution in [0, 0.1) is 0 Å². The third-order valence-corrected chi connectivity index (χ3v) is 3.87. The highest BCUT2D eigenvalue weighted by Crippen LogP contribution is 2.46. The Balaban J connectivity index is 2.56.